The van der Waals surface area contributed by atoms with E-state index in [1.54, 1.807) is 11.5 Å². The fourth-order valence-electron chi connectivity index (χ4n) is 3.65. The van der Waals surface area contributed by atoms with E-state index in [9.17, 15) is 14.9 Å². The summed E-state index contributed by atoms with van der Waals surface area (Å²) in [6.45, 7) is 5.54. The summed E-state index contributed by atoms with van der Waals surface area (Å²) in [6.07, 6.45) is 5.31. The summed E-state index contributed by atoms with van der Waals surface area (Å²) in [5.74, 6) is -0.132. The zero-order valence-corrected chi connectivity index (χ0v) is 18.1. The quantitative estimate of drug-likeness (QED) is 0.571. The van der Waals surface area contributed by atoms with Gasteiger partial charge >= 0.3 is 0 Å². The van der Waals surface area contributed by atoms with Gasteiger partial charge < -0.3 is 5.32 Å². The Morgan fingerprint density at radius 2 is 2.03 bits per heavy atom. The van der Waals surface area contributed by atoms with Gasteiger partial charge in [-0.15, -0.1) is 0 Å². The summed E-state index contributed by atoms with van der Waals surface area (Å²) in [7, 11) is 0. The third kappa shape index (κ3) is 4.64. The average Bonchev–Trinajstić information content (AvgIpc) is 2.72. The Bertz CT molecular complexity index is 988. The summed E-state index contributed by atoms with van der Waals surface area (Å²) in [5, 5.41) is 13.5. The molecule has 3 rings (SSSR count). The molecule has 1 aliphatic rings. The molecule has 1 heterocycles. The van der Waals surface area contributed by atoms with Gasteiger partial charge in [-0.05, 0) is 37.8 Å². The topological polar surface area (TPSA) is 87.8 Å². The molecule has 0 saturated heterocycles. The molecular weight excluding hydrogens is 384 g/mol. The summed E-state index contributed by atoms with van der Waals surface area (Å²) >= 11 is 1.27. The lowest BCUT2D eigenvalue weighted by Gasteiger charge is -2.28. The highest BCUT2D eigenvalue weighted by molar-refractivity contribution is 7.99. The SMILES string of the molecule is CC(C)C(C)(C#N)NC(=O)CSc1nc2ccccc2c(=O)n1C1CCCCC1. The van der Waals surface area contributed by atoms with Gasteiger partial charge in [0.15, 0.2) is 5.16 Å². The van der Waals surface area contributed by atoms with Crippen LogP contribution in [0.25, 0.3) is 10.9 Å². The van der Waals surface area contributed by atoms with Gasteiger partial charge in [-0.25, -0.2) is 4.98 Å². The van der Waals surface area contributed by atoms with Crippen LogP contribution < -0.4 is 10.9 Å². The first-order valence-corrected chi connectivity index (χ1v) is 11.2. The van der Waals surface area contributed by atoms with Crippen molar-refractivity contribution in [3.05, 3.63) is 34.6 Å². The first kappa shape index (κ1) is 21.4. The van der Waals surface area contributed by atoms with E-state index in [0.717, 1.165) is 25.7 Å². The van der Waals surface area contributed by atoms with Gasteiger partial charge in [-0.2, -0.15) is 5.26 Å². The van der Waals surface area contributed by atoms with Crippen molar-refractivity contribution in [2.45, 2.75) is 69.6 Å². The number of nitrogens with zero attached hydrogens (tertiary/aromatic N) is 3. The van der Waals surface area contributed by atoms with Crippen LogP contribution in [0.1, 0.15) is 58.9 Å². The number of hydrogen-bond acceptors (Lipinski definition) is 5. The van der Waals surface area contributed by atoms with Crippen molar-refractivity contribution < 1.29 is 4.79 Å². The minimum Gasteiger partial charge on any atom is -0.337 e. The first-order valence-electron chi connectivity index (χ1n) is 10.2. The number of amides is 1. The summed E-state index contributed by atoms with van der Waals surface area (Å²) in [5.41, 5.74) is -0.303. The Kier molecular flexibility index (Phi) is 6.63. The smallest absolute Gasteiger partial charge is 0.262 e. The van der Waals surface area contributed by atoms with Crippen LogP contribution in [0.5, 0.6) is 0 Å². The number of thioether (sulfide) groups is 1. The lowest BCUT2D eigenvalue weighted by atomic mass is 9.90. The molecule has 2 aromatic rings. The van der Waals surface area contributed by atoms with Gasteiger partial charge in [0, 0.05) is 6.04 Å². The molecule has 1 N–H and O–H groups in total. The van der Waals surface area contributed by atoms with Crippen LogP contribution in [0.2, 0.25) is 0 Å². The van der Waals surface area contributed by atoms with Gasteiger partial charge in [0.1, 0.15) is 5.54 Å². The first-order chi connectivity index (χ1) is 13.9. The Morgan fingerprint density at radius 1 is 1.34 bits per heavy atom. The fraction of sp³-hybridized carbons (Fsp3) is 0.545. The lowest BCUT2D eigenvalue weighted by Crippen LogP contribution is -2.49. The van der Waals surface area contributed by atoms with Crippen LogP contribution in [0.15, 0.2) is 34.2 Å². The summed E-state index contributed by atoms with van der Waals surface area (Å²) in [6, 6.07) is 9.67. The monoisotopic (exact) mass is 412 g/mol. The molecule has 1 aliphatic carbocycles. The molecule has 0 spiro atoms. The van der Waals surface area contributed by atoms with Gasteiger partial charge in [0.25, 0.3) is 5.56 Å². The molecule has 7 heteroatoms. The largest absolute Gasteiger partial charge is 0.337 e. The average molecular weight is 413 g/mol. The summed E-state index contributed by atoms with van der Waals surface area (Å²) < 4.78 is 1.80. The normalized spacial score (nSPS) is 17.1. The number of aromatic nitrogens is 2. The van der Waals surface area contributed by atoms with Crippen molar-refractivity contribution in [3.63, 3.8) is 0 Å². The molecule has 1 amide bonds. The highest BCUT2D eigenvalue weighted by atomic mass is 32.2. The zero-order valence-electron chi connectivity index (χ0n) is 17.3. The molecular formula is C22H28N4O2S. The van der Waals surface area contributed by atoms with Crippen molar-refractivity contribution in [3.8, 4) is 6.07 Å². The van der Waals surface area contributed by atoms with E-state index in [-0.39, 0.29) is 29.2 Å². The van der Waals surface area contributed by atoms with Crippen LogP contribution >= 0.6 is 11.8 Å². The van der Waals surface area contributed by atoms with Crippen molar-refractivity contribution in [1.29, 1.82) is 5.26 Å². The number of rotatable bonds is 6. The number of nitrogens with one attached hydrogen (secondary N) is 1. The van der Waals surface area contributed by atoms with Crippen molar-refractivity contribution >= 4 is 28.6 Å². The zero-order chi connectivity index (χ0) is 21.0. The number of nitriles is 1. The third-order valence-electron chi connectivity index (χ3n) is 5.83. The highest BCUT2D eigenvalue weighted by Crippen LogP contribution is 2.31. The molecule has 1 fully saturated rings. The van der Waals surface area contributed by atoms with Crippen LogP contribution in [0, 0.1) is 17.2 Å². The molecule has 1 aromatic carbocycles. The number of benzene rings is 1. The maximum Gasteiger partial charge on any atom is 0.262 e. The van der Waals surface area contributed by atoms with Crippen LogP contribution in [0.3, 0.4) is 0 Å². The standard InChI is InChI=1S/C22H28N4O2S/c1-15(2)22(3,14-23)25-19(27)13-29-21-24-18-12-8-7-11-17(18)20(28)26(21)16-9-5-4-6-10-16/h7-8,11-12,15-16H,4-6,9-10,13H2,1-3H3,(H,25,27). The van der Waals surface area contributed by atoms with Gasteiger partial charge in [-0.1, -0.05) is 57.0 Å². The van der Waals surface area contributed by atoms with E-state index in [4.69, 9.17) is 4.98 Å². The highest BCUT2D eigenvalue weighted by Gasteiger charge is 2.30. The Labute approximate surface area is 175 Å². The van der Waals surface area contributed by atoms with Crippen LogP contribution in [-0.4, -0.2) is 26.8 Å². The van der Waals surface area contributed by atoms with Crippen molar-refractivity contribution in [2.24, 2.45) is 5.92 Å². The molecule has 1 saturated carbocycles. The van der Waals surface area contributed by atoms with E-state index < -0.39 is 5.54 Å². The third-order valence-corrected chi connectivity index (χ3v) is 6.79. The molecule has 1 unspecified atom stereocenters. The molecule has 1 atom stereocenters. The second-order valence-corrected chi connectivity index (χ2v) is 9.13. The van der Waals surface area contributed by atoms with Crippen molar-refractivity contribution in [2.75, 3.05) is 5.75 Å². The number of para-hydroxylation sites is 1. The predicted molar refractivity (Wildman–Crippen MR) is 116 cm³/mol. The predicted octanol–water partition coefficient (Wildman–Crippen LogP) is 4.05. The van der Waals surface area contributed by atoms with Gasteiger partial charge in [-0.3, -0.25) is 14.2 Å². The molecule has 6 nitrogen and oxygen atoms in total. The number of carbonyl (C=O) groups excluding carboxylic acids is 1. The Balaban J connectivity index is 1.89. The molecule has 154 valence electrons. The fourth-order valence-corrected chi connectivity index (χ4v) is 4.51. The van der Waals surface area contributed by atoms with Crippen LogP contribution in [-0.2, 0) is 4.79 Å². The number of carbonyl (C=O) groups is 1. The van der Waals surface area contributed by atoms with E-state index in [2.05, 4.69) is 11.4 Å². The second-order valence-electron chi connectivity index (χ2n) is 8.18. The second kappa shape index (κ2) is 9.00. The van der Waals surface area contributed by atoms with Crippen LogP contribution in [0.4, 0.5) is 0 Å². The molecule has 29 heavy (non-hydrogen) atoms. The van der Waals surface area contributed by atoms with Crippen molar-refractivity contribution in [1.82, 2.24) is 14.9 Å². The maximum absolute atomic E-state index is 13.2. The molecule has 0 aliphatic heterocycles. The molecule has 0 radical (unpaired) electrons. The Morgan fingerprint density at radius 3 is 2.69 bits per heavy atom. The minimum atomic E-state index is -0.919. The summed E-state index contributed by atoms with van der Waals surface area (Å²) in [4.78, 5) is 30.5. The van der Waals surface area contributed by atoms with E-state index >= 15 is 0 Å². The van der Waals surface area contributed by atoms with E-state index in [1.807, 2.05) is 38.1 Å². The van der Waals surface area contributed by atoms with E-state index in [1.165, 1.54) is 18.2 Å². The molecule has 1 aromatic heterocycles. The number of fused-ring (bicyclic) bond motifs is 1. The Hall–Kier alpha value is -2.33. The lowest BCUT2D eigenvalue weighted by molar-refractivity contribution is -0.120. The van der Waals surface area contributed by atoms with Gasteiger partial charge in [0.2, 0.25) is 5.91 Å². The van der Waals surface area contributed by atoms with Gasteiger partial charge in [0.05, 0.1) is 22.7 Å². The van der Waals surface area contributed by atoms with E-state index in [0.29, 0.717) is 16.1 Å². The minimum absolute atomic E-state index is 0.0133. The maximum atomic E-state index is 13.2. The number of hydrogen-bond donors (Lipinski definition) is 1. The molecule has 0 bridgehead atoms.